The number of aromatic nitrogens is 1. The van der Waals surface area contributed by atoms with E-state index in [4.69, 9.17) is 11.6 Å². The fraction of sp³-hybridized carbons (Fsp3) is 0.455. The molecule has 1 saturated heterocycles. The van der Waals surface area contributed by atoms with Gasteiger partial charge < -0.3 is 14.4 Å². The van der Waals surface area contributed by atoms with Gasteiger partial charge in [-0.15, -0.1) is 0 Å². The van der Waals surface area contributed by atoms with Crippen LogP contribution in [0.5, 0.6) is 0 Å². The molecule has 1 aromatic carbocycles. The summed E-state index contributed by atoms with van der Waals surface area (Å²) >= 11 is 6.05. The van der Waals surface area contributed by atoms with Crippen LogP contribution in [-0.4, -0.2) is 47.5 Å². The number of carbonyl (C=O) groups is 1. The van der Waals surface area contributed by atoms with E-state index in [1.165, 1.54) is 0 Å². The lowest BCUT2D eigenvalue weighted by atomic mass is 9.82. The molecular formula is C22H26ClN3O2. The van der Waals surface area contributed by atoms with E-state index in [0.717, 1.165) is 29.8 Å². The first-order valence-electron chi connectivity index (χ1n) is 9.80. The fourth-order valence-corrected chi connectivity index (χ4v) is 4.80. The van der Waals surface area contributed by atoms with Gasteiger partial charge in [-0.1, -0.05) is 29.8 Å². The minimum absolute atomic E-state index is 0.125. The Morgan fingerprint density at radius 2 is 2.00 bits per heavy atom. The molecule has 0 radical (unpaired) electrons. The molecule has 148 valence electrons. The van der Waals surface area contributed by atoms with Crippen molar-refractivity contribution >= 4 is 17.5 Å². The van der Waals surface area contributed by atoms with Crippen LogP contribution in [0.25, 0.3) is 0 Å². The third-order valence-corrected chi connectivity index (χ3v) is 6.00. The Balaban J connectivity index is 1.53. The van der Waals surface area contributed by atoms with Gasteiger partial charge in [0, 0.05) is 48.4 Å². The molecular weight excluding hydrogens is 374 g/mol. The Hall–Kier alpha value is -2.11. The first-order valence-corrected chi connectivity index (χ1v) is 10.2. The summed E-state index contributed by atoms with van der Waals surface area (Å²) in [6.45, 7) is 2.76. The molecule has 2 atom stereocenters. The average molecular weight is 400 g/mol. The molecule has 0 unspecified atom stereocenters. The SMILES string of the molecule is CN(C)Cc1ccc2n(c1=O)C[C@H]1C[C@@H]2CN(C(=O)Cc2cccc(Cl)c2)C1. The number of hydrogen-bond acceptors (Lipinski definition) is 3. The zero-order valence-corrected chi connectivity index (χ0v) is 17.2. The summed E-state index contributed by atoms with van der Waals surface area (Å²) in [5.74, 6) is 0.704. The number of hydrogen-bond donors (Lipinski definition) is 0. The van der Waals surface area contributed by atoms with Crippen molar-refractivity contribution in [2.24, 2.45) is 5.92 Å². The van der Waals surface area contributed by atoms with E-state index in [2.05, 4.69) is 6.07 Å². The second-order valence-electron chi connectivity index (χ2n) is 8.34. The lowest BCUT2D eigenvalue weighted by molar-refractivity contribution is -0.133. The highest BCUT2D eigenvalue weighted by Crippen LogP contribution is 2.35. The second-order valence-corrected chi connectivity index (χ2v) is 8.78. The molecule has 28 heavy (non-hydrogen) atoms. The van der Waals surface area contributed by atoms with E-state index in [0.29, 0.717) is 37.0 Å². The van der Waals surface area contributed by atoms with Gasteiger partial charge in [0.2, 0.25) is 5.91 Å². The van der Waals surface area contributed by atoms with Crippen molar-refractivity contribution in [3.8, 4) is 0 Å². The first-order chi connectivity index (χ1) is 13.4. The number of nitrogens with zero attached hydrogens (tertiary/aromatic N) is 3. The van der Waals surface area contributed by atoms with Crippen LogP contribution in [0.4, 0.5) is 0 Å². The van der Waals surface area contributed by atoms with Crippen molar-refractivity contribution in [2.45, 2.75) is 31.8 Å². The van der Waals surface area contributed by atoms with Gasteiger partial charge in [0.25, 0.3) is 5.56 Å². The Morgan fingerprint density at radius 1 is 1.18 bits per heavy atom. The maximum absolute atomic E-state index is 12.9. The summed E-state index contributed by atoms with van der Waals surface area (Å²) in [6, 6.07) is 11.5. The minimum atomic E-state index is 0.125. The van der Waals surface area contributed by atoms with Crippen molar-refractivity contribution in [3.05, 3.63) is 68.6 Å². The Morgan fingerprint density at radius 3 is 2.75 bits per heavy atom. The van der Waals surface area contributed by atoms with Crippen molar-refractivity contribution in [3.63, 3.8) is 0 Å². The van der Waals surface area contributed by atoms with Gasteiger partial charge in [-0.25, -0.2) is 0 Å². The van der Waals surface area contributed by atoms with E-state index >= 15 is 0 Å². The third kappa shape index (κ3) is 3.87. The third-order valence-electron chi connectivity index (χ3n) is 5.77. The second kappa shape index (κ2) is 7.72. The van der Waals surface area contributed by atoms with E-state index in [1.807, 2.05) is 58.8 Å². The summed E-state index contributed by atoms with van der Waals surface area (Å²) in [5.41, 5.74) is 2.98. The quantitative estimate of drug-likeness (QED) is 0.794. The summed E-state index contributed by atoms with van der Waals surface area (Å²) in [6.07, 6.45) is 1.42. The lowest BCUT2D eigenvalue weighted by Crippen LogP contribution is -2.49. The maximum Gasteiger partial charge on any atom is 0.255 e. The van der Waals surface area contributed by atoms with Crippen LogP contribution in [0.3, 0.4) is 0 Å². The van der Waals surface area contributed by atoms with Crippen molar-refractivity contribution in [2.75, 3.05) is 27.2 Å². The number of fused-ring (bicyclic) bond motifs is 4. The minimum Gasteiger partial charge on any atom is -0.341 e. The molecule has 0 spiro atoms. The van der Waals surface area contributed by atoms with Crippen molar-refractivity contribution in [1.82, 2.24) is 14.4 Å². The average Bonchev–Trinajstić information content (AvgIpc) is 2.64. The molecule has 0 N–H and O–H groups in total. The first kappa shape index (κ1) is 19.2. The molecule has 0 saturated carbocycles. The summed E-state index contributed by atoms with van der Waals surface area (Å²) in [4.78, 5) is 29.8. The summed E-state index contributed by atoms with van der Waals surface area (Å²) in [7, 11) is 3.95. The van der Waals surface area contributed by atoms with Crippen molar-refractivity contribution < 1.29 is 4.79 Å². The van der Waals surface area contributed by atoms with E-state index in [9.17, 15) is 9.59 Å². The Labute approximate surface area is 170 Å². The zero-order chi connectivity index (χ0) is 19.8. The number of halogens is 1. The van der Waals surface area contributed by atoms with Gasteiger partial charge in [-0.05, 0) is 50.2 Å². The van der Waals surface area contributed by atoms with Gasteiger partial charge in [0.05, 0.1) is 6.42 Å². The Bertz CT molecular complexity index is 953. The number of rotatable bonds is 4. The molecule has 1 amide bonds. The van der Waals surface area contributed by atoms with Crippen LogP contribution in [0.2, 0.25) is 5.02 Å². The zero-order valence-electron chi connectivity index (χ0n) is 16.4. The molecule has 0 aliphatic carbocycles. The fourth-order valence-electron chi connectivity index (χ4n) is 4.59. The smallest absolute Gasteiger partial charge is 0.255 e. The van der Waals surface area contributed by atoms with Gasteiger partial charge in [0.15, 0.2) is 0 Å². The molecule has 6 heteroatoms. The van der Waals surface area contributed by atoms with E-state index in [-0.39, 0.29) is 17.4 Å². The lowest BCUT2D eigenvalue weighted by Gasteiger charge is -2.43. The number of carbonyl (C=O) groups excluding carboxylic acids is 1. The highest BCUT2D eigenvalue weighted by Gasteiger charge is 2.36. The number of pyridine rings is 1. The summed E-state index contributed by atoms with van der Waals surface area (Å²) < 4.78 is 1.95. The molecule has 2 aromatic rings. The van der Waals surface area contributed by atoms with Gasteiger partial charge in [-0.3, -0.25) is 9.59 Å². The monoisotopic (exact) mass is 399 g/mol. The van der Waals surface area contributed by atoms with Gasteiger partial charge in [0.1, 0.15) is 0 Å². The molecule has 3 heterocycles. The number of benzene rings is 1. The summed E-state index contributed by atoms with van der Waals surface area (Å²) in [5, 5.41) is 0.655. The van der Waals surface area contributed by atoms with Crippen LogP contribution < -0.4 is 5.56 Å². The van der Waals surface area contributed by atoms with E-state index in [1.54, 1.807) is 0 Å². The van der Waals surface area contributed by atoms with Gasteiger partial charge in [-0.2, -0.15) is 0 Å². The van der Waals surface area contributed by atoms with Crippen molar-refractivity contribution in [1.29, 1.82) is 0 Å². The topological polar surface area (TPSA) is 45.6 Å². The van der Waals surface area contributed by atoms with Gasteiger partial charge >= 0.3 is 0 Å². The molecule has 5 nitrogen and oxygen atoms in total. The Kier molecular flexibility index (Phi) is 5.30. The van der Waals surface area contributed by atoms with Crippen LogP contribution >= 0.6 is 11.6 Å². The standard InChI is InChI=1S/C22H26ClN3O2/c1-24(2)13-17-6-7-20-18-8-16(12-26(20)22(17)28)11-25(14-18)21(27)10-15-4-3-5-19(23)9-15/h3-7,9,16,18H,8,10-14H2,1-2H3/t16-,18+/m0/s1. The molecule has 2 bridgehead atoms. The number of likely N-dealkylation sites (tertiary alicyclic amines) is 1. The van der Waals surface area contributed by atoms with Crippen LogP contribution in [0.1, 0.15) is 29.2 Å². The number of piperidine rings is 1. The van der Waals surface area contributed by atoms with Crippen LogP contribution in [0.15, 0.2) is 41.2 Å². The van der Waals surface area contributed by atoms with E-state index < -0.39 is 0 Å². The molecule has 2 aliphatic heterocycles. The largest absolute Gasteiger partial charge is 0.341 e. The predicted molar refractivity (Wildman–Crippen MR) is 111 cm³/mol. The molecule has 1 aromatic heterocycles. The normalized spacial score (nSPS) is 20.9. The highest BCUT2D eigenvalue weighted by molar-refractivity contribution is 6.30. The molecule has 4 rings (SSSR count). The predicted octanol–water partition coefficient (Wildman–Crippen LogP) is 2.75. The van der Waals surface area contributed by atoms with Crippen LogP contribution in [-0.2, 0) is 24.3 Å². The molecule has 2 aliphatic rings. The maximum atomic E-state index is 12.9. The number of amides is 1. The molecule has 1 fully saturated rings. The highest BCUT2D eigenvalue weighted by atomic mass is 35.5. The van der Waals surface area contributed by atoms with Crippen LogP contribution in [0, 0.1) is 5.92 Å².